The molecule has 0 saturated carbocycles. The number of hydrogen-bond acceptors (Lipinski definition) is 5. The summed E-state index contributed by atoms with van der Waals surface area (Å²) in [7, 11) is -3.54. The van der Waals surface area contributed by atoms with Crippen molar-refractivity contribution in [1.82, 2.24) is 8.87 Å². The average Bonchev–Trinajstić information content (AvgIpc) is 2.97. The fourth-order valence-electron chi connectivity index (χ4n) is 3.77. The van der Waals surface area contributed by atoms with Gasteiger partial charge in [-0.15, -0.1) is 0 Å². The molecule has 2 unspecified atom stereocenters. The first-order chi connectivity index (χ1) is 13.7. The summed E-state index contributed by atoms with van der Waals surface area (Å²) in [5.74, 6) is 0.453. The number of piperidine rings is 1. The van der Waals surface area contributed by atoms with Crippen LogP contribution in [-0.4, -0.2) is 36.3 Å². The van der Waals surface area contributed by atoms with Crippen LogP contribution in [0.5, 0.6) is 0 Å². The molecule has 1 fully saturated rings. The molecule has 2 aromatic rings. The largest absolute Gasteiger partial charge is 0.326 e. The molecule has 0 bridgehead atoms. The summed E-state index contributed by atoms with van der Waals surface area (Å²) in [5.41, 5.74) is 1.37. The van der Waals surface area contributed by atoms with Gasteiger partial charge < -0.3 is 9.88 Å². The van der Waals surface area contributed by atoms with Gasteiger partial charge in [-0.25, -0.2) is 8.42 Å². The van der Waals surface area contributed by atoms with E-state index in [0.29, 0.717) is 37.2 Å². The first-order valence-corrected chi connectivity index (χ1v) is 12.0. The van der Waals surface area contributed by atoms with Crippen molar-refractivity contribution in [2.24, 2.45) is 11.8 Å². The molecule has 2 atom stereocenters. The van der Waals surface area contributed by atoms with Crippen LogP contribution in [0, 0.1) is 18.8 Å². The van der Waals surface area contributed by atoms with Gasteiger partial charge in [0.15, 0.2) is 0 Å². The highest BCUT2D eigenvalue weighted by atomic mass is 32.2. The fourth-order valence-corrected chi connectivity index (χ4v) is 6.21. The van der Waals surface area contributed by atoms with Crippen LogP contribution < -0.4 is 10.2 Å². The number of rotatable bonds is 6. The van der Waals surface area contributed by atoms with E-state index in [0.717, 1.165) is 23.5 Å². The first kappa shape index (κ1) is 21.7. The smallest absolute Gasteiger partial charge is 0.307 e. The lowest BCUT2D eigenvalue weighted by Gasteiger charge is -2.34. The number of nitrogens with one attached hydrogen (secondary N) is 1. The predicted octanol–water partition coefficient (Wildman–Crippen LogP) is 2.91. The Morgan fingerprint density at radius 3 is 2.34 bits per heavy atom. The minimum atomic E-state index is -3.54. The Morgan fingerprint density at radius 1 is 1.17 bits per heavy atom. The molecule has 29 heavy (non-hydrogen) atoms. The molecule has 158 valence electrons. The van der Waals surface area contributed by atoms with E-state index >= 15 is 0 Å². The molecule has 1 N–H and O–H groups in total. The molecule has 1 aromatic heterocycles. The zero-order chi connectivity index (χ0) is 21.2. The highest BCUT2D eigenvalue weighted by Crippen LogP contribution is 2.27. The van der Waals surface area contributed by atoms with Crippen LogP contribution >= 0.6 is 11.3 Å². The zero-order valence-electron chi connectivity index (χ0n) is 16.9. The monoisotopic (exact) mass is 437 g/mol. The van der Waals surface area contributed by atoms with Gasteiger partial charge in [-0.2, -0.15) is 4.31 Å². The Hall–Kier alpha value is -1.97. The third kappa shape index (κ3) is 5.15. The number of amides is 1. The molecular formula is C20H27N3O4S2. The van der Waals surface area contributed by atoms with Gasteiger partial charge in [0, 0.05) is 42.8 Å². The number of benzene rings is 1. The molecule has 1 saturated heterocycles. The number of thiazole rings is 1. The molecule has 0 aliphatic carbocycles. The van der Waals surface area contributed by atoms with Crippen molar-refractivity contribution in [3.05, 3.63) is 45.0 Å². The van der Waals surface area contributed by atoms with E-state index in [9.17, 15) is 18.0 Å². The Kier molecular flexibility index (Phi) is 6.60. The van der Waals surface area contributed by atoms with Crippen molar-refractivity contribution in [2.45, 2.75) is 45.1 Å². The average molecular weight is 438 g/mol. The number of hydrogen-bond donors (Lipinski definition) is 1. The molecule has 1 aliphatic rings. The summed E-state index contributed by atoms with van der Waals surface area (Å²) in [6.07, 6.45) is 1.20. The Labute approximate surface area is 175 Å². The van der Waals surface area contributed by atoms with Crippen LogP contribution in [0.1, 0.15) is 32.4 Å². The summed E-state index contributed by atoms with van der Waals surface area (Å²) in [6.45, 7) is 7.36. The summed E-state index contributed by atoms with van der Waals surface area (Å²) < 4.78 is 29.0. The number of carbonyl (C=O) groups excluding carboxylic acids is 1. The zero-order valence-corrected chi connectivity index (χ0v) is 18.6. The summed E-state index contributed by atoms with van der Waals surface area (Å²) in [6, 6.07) is 6.26. The molecule has 3 rings (SSSR count). The fraction of sp³-hybridized carbons (Fsp3) is 0.500. The SMILES string of the molecule is Cc1csc(=O)n1CCC(=O)Nc1ccc(S(=O)(=O)N2CC(C)CC(C)C2)cc1. The van der Waals surface area contributed by atoms with Crippen LogP contribution in [0.25, 0.3) is 0 Å². The van der Waals surface area contributed by atoms with Crippen LogP contribution in [-0.2, 0) is 21.4 Å². The first-order valence-electron chi connectivity index (χ1n) is 9.72. The quantitative estimate of drug-likeness (QED) is 0.753. The number of anilines is 1. The van der Waals surface area contributed by atoms with E-state index in [1.165, 1.54) is 12.1 Å². The van der Waals surface area contributed by atoms with Gasteiger partial charge in [-0.1, -0.05) is 25.2 Å². The highest BCUT2D eigenvalue weighted by molar-refractivity contribution is 7.89. The lowest BCUT2D eigenvalue weighted by atomic mass is 9.94. The second-order valence-corrected chi connectivity index (χ2v) is 10.6. The van der Waals surface area contributed by atoms with Crippen molar-refractivity contribution in [2.75, 3.05) is 18.4 Å². The van der Waals surface area contributed by atoms with Gasteiger partial charge in [0.05, 0.1) is 4.90 Å². The number of sulfonamides is 1. The minimum Gasteiger partial charge on any atom is -0.326 e. The van der Waals surface area contributed by atoms with Crippen molar-refractivity contribution < 1.29 is 13.2 Å². The Balaban J connectivity index is 1.62. The van der Waals surface area contributed by atoms with Gasteiger partial charge in [-0.3, -0.25) is 9.59 Å². The van der Waals surface area contributed by atoms with Gasteiger partial charge in [0.2, 0.25) is 15.9 Å². The minimum absolute atomic E-state index is 0.0776. The summed E-state index contributed by atoms with van der Waals surface area (Å²) >= 11 is 1.12. The Bertz CT molecular complexity index is 1010. The number of aromatic nitrogens is 1. The maximum Gasteiger partial charge on any atom is 0.307 e. The third-order valence-electron chi connectivity index (χ3n) is 5.15. The lowest BCUT2D eigenvalue weighted by Crippen LogP contribution is -2.42. The highest BCUT2D eigenvalue weighted by Gasteiger charge is 2.31. The van der Waals surface area contributed by atoms with Gasteiger partial charge in [0.1, 0.15) is 0 Å². The predicted molar refractivity (Wildman–Crippen MR) is 115 cm³/mol. The number of nitrogens with zero attached hydrogens (tertiary/aromatic N) is 2. The number of aryl methyl sites for hydroxylation is 1. The molecule has 1 aliphatic heterocycles. The Morgan fingerprint density at radius 2 is 1.79 bits per heavy atom. The maximum absolute atomic E-state index is 12.9. The topological polar surface area (TPSA) is 88.5 Å². The molecule has 7 nitrogen and oxygen atoms in total. The third-order valence-corrected chi connectivity index (χ3v) is 7.88. The molecule has 1 aromatic carbocycles. The molecule has 2 heterocycles. The van der Waals surface area contributed by atoms with Crippen molar-refractivity contribution >= 4 is 33.0 Å². The molecule has 9 heteroatoms. The van der Waals surface area contributed by atoms with E-state index < -0.39 is 10.0 Å². The van der Waals surface area contributed by atoms with Gasteiger partial charge in [-0.05, 0) is 49.4 Å². The molecular weight excluding hydrogens is 410 g/mol. The van der Waals surface area contributed by atoms with Crippen LogP contribution in [0.15, 0.2) is 39.3 Å². The van der Waals surface area contributed by atoms with Crippen LogP contribution in [0.3, 0.4) is 0 Å². The van der Waals surface area contributed by atoms with E-state index in [4.69, 9.17) is 0 Å². The normalized spacial score (nSPS) is 20.5. The lowest BCUT2D eigenvalue weighted by molar-refractivity contribution is -0.116. The molecule has 0 radical (unpaired) electrons. The maximum atomic E-state index is 12.9. The second-order valence-electron chi connectivity index (χ2n) is 7.89. The van der Waals surface area contributed by atoms with E-state index in [2.05, 4.69) is 19.2 Å². The number of carbonyl (C=O) groups is 1. The second kappa shape index (κ2) is 8.81. The van der Waals surface area contributed by atoms with Crippen molar-refractivity contribution in [3.63, 3.8) is 0 Å². The van der Waals surface area contributed by atoms with Crippen molar-refractivity contribution in [3.8, 4) is 0 Å². The van der Waals surface area contributed by atoms with Crippen molar-refractivity contribution in [1.29, 1.82) is 0 Å². The van der Waals surface area contributed by atoms with Crippen LogP contribution in [0.2, 0.25) is 0 Å². The van der Waals surface area contributed by atoms with E-state index in [-0.39, 0.29) is 22.1 Å². The van der Waals surface area contributed by atoms with Crippen LogP contribution in [0.4, 0.5) is 5.69 Å². The van der Waals surface area contributed by atoms with E-state index in [1.54, 1.807) is 26.4 Å². The van der Waals surface area contributed by atoms with Gasteiger partial charge in [0.25, 0.3) is 0 Å². The van der Waals surface area contributed by atoms with Gasteiger partial charge >= 0.3 is 4.87 Å². The summed E-state index contributed by atoms with van der Waals surface area (Å²) in [5, 5.41) is 4.52. The standard InChI is InChI=1S/C20H27N3O4S2/c1-14-10-15(2)12-22(11-14)29(26,27)18-6-4-17(5-7-18)21-19(24)8-9-23-16(3)13-28-20(23)25/h4-7,13-15H,8-12H2,1-3H3,(H,21,24). The molecule has 1 amide bonds. The van der Waals surface area contributed by atoms with E-state index in [1.807, 2.05) is 6.92 Å². The summed E-state index contributed by atoms with van der Waals surface area (Å²) in [4.78, 5) is 24.0. The molecule has 0 spiro atoms.